The molecule has 5 nitrogen and oxygen atoms in total. The van der Waals surface area contributed by atoms with E-state index in [-0.39, 0.29) is 0 Å². The summed E-state index contributed by atoms with van der Waals surface area (Å²) in [6, 6.07) is 172. The topological polar surface area (TPSA) is 43.5 Å². The number of benzene rings is 19. The molecule has 0 atom stereocenters. The van der Waals surface area contributed by atoms with Crippen molar-refractivity contribution in [3.05, 3.63) is 473 Å². The van der Waals surface area contributed by atoms with Gasteiger partial charge in [0.1, 0.15) is 0 Å². The average molecular weight is 1560 g/mol. The molecule has 0 saturated carbocycles. The Morgan fingerprint density at radius 1 is 0.157 bits per heavy atom. The SMILES string of the molecule is N#Cc1ccc2c(c1)c1cc(-c3ccc4c(c3)c3ccccc3n4-c3ccc(-c4ccccc4)cc3)ccc1n2-c1ccc(-c2ccccc2)cc1.c1ccc(-c2ccc(-n3c4ccccc4c4cc(-c5ccc6c(c5)c5cc([Si](c7ccccc7)(c7ccccc7)c7ccccc7)ccc5n6-c5ccc(-c6ccccc6)cc5)ccc43)cc2)cc1. The van der Waals surface area contributed by atoms with Gasteiger partial charge < -0.3 is 18.3 Å². The summed E-state index contributed by atoms with van der Waals surface area (Å²) in [5.41, 5.74) is 28.8. The minimum Gasteiger partial charge on any atom is -0.309 e. The molecule has 19 aromatic carbocycles. The highest BCUT2D eigenvalue weighted by Gasteiger charge is 2.42. The van der Waals surface area contributed by atoms with Crippen molar-refractivity contribution in [2.24, 2.45) is 0 Å². The third-order valence-corrected chi connectivity index (χ3v) is 29.4. The summed E-state index contributed by atoms with van der Waals surface area (Å²) in [5.74, 6) is 0. The average Bonchev–Trinajstić information content (AvgIpc) is 1.43. The molecule has 0 aliphatic carbocycles. The van der Waals surface area contributed by atoms with Crippen LogP contribution in [-0.4, -0.2) is 26.3 Å². The number of hydrogen-bond acceptors (Lipinski definition) is 1. The molecule has 0 radical (unpaired) electrons. The molecule has 0 N–H and O–H groups in total. The smallest absolute Gasteiger partial charge is 0.179 e. The maximum Gasteiger partial charge on any atom is 0.179 e. The first-order valence-corrected chi connectivity index (χ1v) is 43.4. The van der Waals surface area contributed by atoms with Crippen molar-refractivity contribution in [3.63, 3.8) is 0 Å². The van der Waals surface area contributed by atoms with Crippen molar-refractivity contribution in [3.8, 4) is 95.6 Å². The van der Waals surface area contributed by atoms with Crippen LogP contribution in [0.3, 0.4) is 0 Å². The highest BCUT2D eigenvalue weighted by Crippen LogP contribution is 2.43. The fraction of sp³-hybridized carbons (Fsp3) is 0. The Hall–Kier alpha value is -15.9. The summed E-state index contributed by atoms with van der Waals surface area (Å²) < 4.78 is 9.55. The van der Waals surface area contributed by atoms with Crippen LogP contribution in [0.15, 0.2) is 467 Å². The molecule has 0 spiro atoms. The van der Waals surface area contributed by atoms with E-state index >= 15 is 0 Å². The zero-order valence-electron chi connectivity index (χ0n) is 66.2. The molecule has 0 saturated heterocycles. The van der Waals surface area contributed by atoms with Gasteiger partial charge >= 0.3 is 0 Å². The van der Waals surface area contributed by atoms with E-state index in [1.807, 2.05) is 18.2 Å². The maximum atomic E-state index is 9.84. The first-order valence-electron chi connectivity index (χ1n) is 41.4. The molecular formula is C115H77N5Si. The summed E-state index contributed by atoms with van der Waals surface area (Å²) in [6.07, 6.45) is 0. The standard InChI is InChI=1S/C66H46N2Si.C49H31N3/c1-6-18-47(19-7-1)49-30-36-53(37-31-49)67-63-29-17-16-28-59(63)60-44-51(34-41-64(60)67)52-35-42-65-61(45-52)62-46-58(40-43-66(62)68(65)54-38-32-50(33-39-54)48-20-8-2-9-21-48)69(55-22-10-3-11-23-55,56-24-12-4-13-25-56)57-26-14-5-15-27-57;50-32-33-15-26-47-43(29-33)45-31-39(21-28-49(45)52(47)41-24-18-37(19-25-41)35-11-5-2-6-12-35)38-20-27-48-44(30-38)42-13-7-8-14-46(42)51(48)40-22-16-36(17-23-40)34-9-3-1-4-10-34/h1-46H;1-31H. The van der Waals surface area contributed by atoms with E-state index in [2.05, 4.69) is 473 Å². The highest BCUT2D eigenvalue weighted by atomic mass is 28.3. The second-order valence-electron chi connectivity index (χ2n) is 31.4. The van der Waals surface area contributed by atoms with Crippen LogP contribution < -0.4 is 20.7 Å². The van der Waals surface area contributed by atoms with E-state index in [0.717, 1.165) is 55.7 Å². The van der Waals surface area contributed by atoms with Gasteiger partial charge in [0.05, 0.1) is 55.8 Å². The van der Waals surface area contributed by atoms with Crippen LogP contribution in [0, 0.1) is 11.3 Å². The molecule has 4 aromatic heterocycles. The van der Waals surface area contributed by atoms with Crippen molar-refractivity contribution in [1.29, 1.82) is 5.26 Å². The Kier molecular flexibility index (Phi) is 17.9. The lowest BCUT2D eigenvalue weighted by atomic mass is 10.00. The minimum absolute atomic E-state index is 0.655. The van der Waals surface area contributed by atoms with Crippen molar-refractivity contribution >= 4 is 116 Å². The number of hydrogen-bond donors (Lipinski definition) is 0. The lowest BCUT2D eigenvalue weighted by molar-refractivity contribution is 1.18. The van der Waals surface area contributed by atoms with Gasteiger partial charge in [-0.25, -0.2) is 0 Å². The Bertz CT molecular complexity index is 7770. The molecule has 6 heteroatoms. The van der Waals surface area contributed by atoms with Crippen LogP contribution in [0.4, 0.5) is 0 Å². The molecule has 0 bridgehead atoms. The van der Waals surface area contributed by atoms with Gasteiger partial charge in [-0.3, -0.25) is 0 Å². The second-order valence-corrected chi connectivity index (χ2v) is 35.2. The van der Waals surface area contributed by atoms with Crippen molar-refractivity contribution in [1.82, 2.24) is 18.3 Å². The number of aromatic nitrogens is 4. The Morgan fingerprint density at radius 3 is 0.669 bits per heavy atom. The summed E-state index contributed by atoms with van der Waals surface area (Å²) in [4.78, 5) is 0. The molecule has 121 heavy (non-hydrogen) atoms. The lowest BCUT2D eigenvalue weighted by Gasteiger charge is -2.34. The van der Waals surface area contributed by atoms with Crippen LogP contribution >= 0.6 is 0 Å². The quantitative estimate of drug-likeness (QED) is 0.0790. The first-order chi connectivity index (χ1) is 59.9. The molecule has 0 aliphatic rings. The Balaban J connectivity index is 0.000000151. The van der Waals surface area contributed by atoms with Gasteiger partial charge in [0.25, 0.3) is 0 Å². The van der Waals surface area contributed by atoms with Gasteiger partial charge in [0.2, 0.25) is 0 Å². The van der Waals surface area contributed by atoms with Gasteiger partial charge in [-0.05, 0) is 221 Å². The van der Waals surface area contributed by atoms with E-state index in [1.54, 1.807) is 0 Å². The minimum atomic E-state index is -2.81. The molecular weight excluding hydrogens is 1480 g/mol. The van der Waals surface area contributed by atoms with Crippen LogP contribution in [0.5, 0.6) is 0 Å². The fourth-order valence-corrected chi connectivity index (χ4v) is 23.7. The van der Waals surface area contributed by atoms with E-state index in [4.69, 9.17) is 0 Å². The Labute approximate surface area is 703 Å². The van der Waals surface area contributed by atoms with E-state index < -0.39 is 8.07 Å². The molecule has 0 aliphatic heterocycles. The number of rotatable bonds is 14. The van der Waals surface area contributed by atoms with Crippen molar-refractivity contribution in [2.75, 3.05) is 0 Å². The number of nitrogens with zero attached hydrogens (tertiary/aromatic N) is 5. The third kappa shape index (κ3) is 12.5. The largest absolute Gasteiger partial charge is 0.309 e. The zero-order valence-corrected chi connectivity index (χ0v) is 67.2. The van der Waals surface area contributed by atoms with Gasteiger partial charge in [-0.2, -0.15) is 5.26 Å². The highest BCUT2D eigenvalue weighted by molar-refractivity contribution is 7.20. The monoisotopic (exact) mass is 1560 g/mol. The number of fused-ring (bicyclic) bond motifs is 12. The van der Waals surface area contributed by atoms with Gasteiger partial charge in [0, 0.05) is 65.8 Å². The predicted molar refractivity (Wildman–Crippen MR) is 511 cm³/mol. The maximum absolute atomic E-state index is 9.84. The van der Waals surface area contributed by atoms with E-state index in [1.165, 1.54) is 142 Å². The first kappa shape index (κ1) is 71.6. The van der Waals surface area contributed by atoms with Gasteiger partial charge in [-0.15, -0.1) is 0 Å². The summed E-state index contributed by atoms with van der Waals surface area (Å²) in [7, 11) is -2.81. The molecule has 23 aromatic rings. The molecule has 0 amide bonds. The van der Waals surface area contributed by atoms with Crippen molar-refractivity contribution in [2.45, 2.75) is 0 Å². The van der Waals surface area contributed by atoms with Crippen LogP contribution in [0.1, 0.15) is 5.56 Å². The number of nitriles is 1. The normalized spacial score (nSPS) is 11.6. The van der Waals surface area contributed by atoms with E-state index in [9.17, 15) is 5.26 Å². The zero-order chi connectivity index (χ0) is 80.3. The van der Waals surface area contributed by atoms with Crippen molar-refractivity contribution < 1.29 is 0 Å². The summed E-state index contributed by atoms with van der Waals surface area (Å²) in [5, 5.41) is 24.9. The fourth-order valence-electron chi connectivity index (χ4n) is 18.9. The Morgan fingerprint density at radius 2 is 0.372 bits per heavy atom. The molecule has 4 heterocycles. The number of para-hydroxylation sites is 2. The lowest BCUT2D eigenvalue weighted by Crippen LogP contribution is -2.74. The molecule has 0 unspecified atom stereocenters. The summed E-state index contributed by atoms with van der Waals surface area (Å²) >= 11 is 0. The van der Waals surface area contributed by atoms with Crippen LogP contribution in [-0.2, 0) is 0 Å². The van der Waals surface area contributed by atoms with Gasteiger partial charge in [0.15, 0.2) is 8.07 Å². The second kappa shape index (κ2) is 30.3. The van der Waals surface area contributed by atoms with Gasteiger partial charge in [-0.1, -0.05) is 334 Å². The van der Waals surface area contributed by atoms with E-state index in [0.29, 0.717) is 5.56 Å². The molecule has 0 fully saturated rings. The molecule has 566 valence electrons. The van der Waals surface area contributed by atoms with Crippen LogP contribution in [0.2, 0.25) is 0 Å². The third-order valence-electron chi connectivity index (χ3n) is 24.7. The van der Waals surface area contributed by atoms with Crippen LogP contribution in [0.25, 0.3) is 177 Å². The summed E-state index contributed by atoms with van der Waals surface area (Å²) in [6.45, 7) is 0. The molecule has 23 rings (SSSR count). The predicted octanol–water partition coefficient (Wildman–Crippen LogP) is 27.0.